The number of benzene rings is 2. The van der Waals surface area contributed by atoms with Crippen molar-refractivity contribution in [2.24, 2.45) is 0 Å². The number of hydrogen-bond donors (Lipinski definition) is 1. The van der Waals surface area contributed by atoms with Crippen molar-refractivity contribution < 1.29 is 22.0 Å². The van der Waals surface area contributed by atoms with Crippen molar-refractivity contribution in [3.63, 3.8) is 0 Å². The first-order valence-electron chi connectivity index (χ1n) is 7.09. The molecule has 1 N–H and O–H groups in total. The van der Waals surface area contributed by atoms with Crippen LogP contribution in [0.4, 0.5) is 19.3 Å². The van der Waals surface area contributed by atoms with E-state index in [1.54, 1.807) is 7.05 Å². The molecular formula is C16H15BrF2N2O3S. The highest BCUT2D eigenvalue weighted by molar-refractivity contribution is 9.10. The standard InChI is InChI=1S/C16H15BrF2N2O3S/c1-21(10-11-5-2-3-8-14(11)17)16(22)20-12-6-4-7-13(9-12)25(23,24)15(18)19/h2-9,15H,10H2,1H3,(H,20,22). The van der Waals surface area contributed by atoms with E-state index in [9.17, 15) is 22.0 Å². The van der Waals surface area contributed by atoms with Crippen molar-refractivity contribution in [1.29, 1.82) is 0 Å². The van der Waals surface area contributed by atoms with Crippen LogP contribution in [0.2, 0.25) is 0 Å². The average molecular weight is 433 g/mol. The zero-order valence-corrected chi connectivity index (χ0v) is 15.5. The molecule has 0 saturated carbocycles. The van der Waals surface area contributed by atoms with Gasteiger partial charge in [-0.15, -0.1) is 0 Å². The fourth-order valence-electron chi connectivity index (χ4n) is 2.03. The van der Waals surface area contributed by atoms with Crippen molar-refractivity contribution in [2.45, 2.75) is 17.2 Å². The lowest BCUT2D eigenvalue weighted by Gasteiger charge is -2.19. The zero-order chi connectivity index (χ0) is 18.6. The topological polar surface area (TPSA) is 66.5 Å². The van der Waals surface area contributed by atoms with E-state index in [4.69, 9.17) is 0 Å². The monoisotopic (exact) mass is 432 g/mol. The van der Waals surface area contributed by atoms with Gasteiger partial charge in [0.05, 0.1) is 4.90 Å². The molecule has 0 heterocycles. The predicted molar refractivity (Wildman–Crippen MR) is 94.3 cm³/mol. The van der Waals surface area contributed by atoms with Crippen LogP contribution in [0.25, 0.3) is 0 Å². The first kappa shape index (κ1) is 19.3. The third-order valence-corrected chi connectivity index (χ3v) is 5.51. The Morgan fingerprint density at radius 2 is 1.88 bits per heavy atom. The lowest BCUT2D eigenvalue weighted by atomic mass is 10.2. The zero-order valence-electron chi connectivity index (χ0n) is 13.1. The Morgan fingerprint density at radius 1 is 1.20 bits per heavy atom. The molecule has 2 aromatic rings. The largest absolute Gasteiger partial charge is 0.341 e. The van der Waals surface area contributed by atoms with Gasteiger partial charge >= 0.3 is 11.8 Å². The van der Waals surface area contributed by atoms with Crippen LogP contribution in [0.15, 0.2) is 57.9 Å². The number of amides is 2. The van der Waals surface area contributed by atoms with Crippen LogP contribution in [-0.4, -0.2) is 32.2 Å². The van der Waals surface area contributed by atoms with Gasteiger partial charge in [0.1, 0.15) is 0 Å². The predicted octanol–water partition coefficient (Wildman–Crippen LogP) is 4.11. The first-order chi connectivity index (χ1) is 11.7. The van der Waals surface area contributed by atoms with E-state index >= 15 is 0 Å². The summed E-state index contributed by atoms with van der Waals surface area (Å²) in [5.41, 5.74) is 1.000. The molecule has 2 rings (SSSR count). The van der Waals surface area contributed by atoms with E-state index in [1.165, 1.54) is 17.0 Å². The molecule has 0 bridgehead atoms. The minimum Gasteiger partial charge on any atom is -0.323 e. The second-order valence-electron chi connectivity index (χ2n) is 5.21. The number of nitrogens with zero attached hydrogens (tertiary/aromatic N) is 1. The van der Waals surface area contributed by atoms with Crippen molar-refractivity contribution in [3.05, 3.63) is 58.6 Å². The Hall–Kier alpha value is -2.00. The number of halogens is 3. The summed E-state index contributed by atoms with van der Waals surface area (Å²) in [4.78, 5) is 13.1. The minimum absolute atomic E-state index is 0.116. The Bertz CT molecular complexity index is 875. The molecule has 0 saturated heterocycles. The van der Waals surface area contributed by atoms with E-state index < -0.39 is 26.5 Å². The number of urea groups is 1. The van der Waals surface area contributed by atoms with Gasteiger partial charge < -0.3 is 10.2 Å². The molecule has 134 valence electrons. The van der Waals surface area contributed by atoms with Crippen LogP contribution in [0.3, 0.4) is 0 Å². The maximum atomic E-state index is 12.6. The van der Waals surface area contributed by atoms with Crippen LogP contribution in [-0.2, 0) is 16.4 Å². The SMILES string of the molecule is CN(Cc1ccccc1Br)C(=O)Nc1cccc(S(=O)(=O)C(F)F)c1. The Balaban J connectivity index is 2.12. The Kier molecular flexibility index (Phi) is 6.12. The van der Waals surface area contributed by atoms with Gasteiger partial charge in [-0.05, 0) is 29.8 Å². The van der Waals surface area contributed by atoms with E-state index in [0.29, 0.717) is 6.54 Å². The lowest BCUT2D eigenvalue weighted by Crippen LogP contribution is -2.31. The highest BCUT2D eigenvalue weighted by atomic mass is 79.9. The van der Waals surface area contributed by atoms with Crippen molar-refractivity contribution in [1.82, 2.24) is 4.90 Å². The van der Waals surface area contributed by atoms with Gasteiger partial charge in [0.2, 0.25) is 9.84 Å². The van der Waals surface area contributed by atoms with Gasteiger partial charge in [0.25, 0.3) is 0 Å². The molecule has 25 heavy (non-hydrogen) atoms. The molecule has 9 heteroatoms. The number of anilines is 1. The number of hydrogen-bond acceptors (Lipinski definition) is 3. The van der Waals surface area contributed by atoms with Gasteiger partial charge in [-0.25, -0.2) is 13.2 Å². The normalized spacial score (nSPS) is 11.4. The van der Waals surface area contributed by atoms with Gasteiger partial charge in [0, 0.05) is 23.8 Å². The van der Waals surface area contributed by atoms with Crippen LogP contribution in [0.5, 0.6) is 0 Å². The number of carbonyl (C=O) groups is 1. The number of sulfone groups is 1. The van der Waals surface area contributed by atoms with Gasteiger partial charge in [-0.1, -0.05) is 40.2 Å². The Morgan fingerprint density at radius 3 is 2.52 bits per heavy atom. The summed E-state index contributed by atoms with van der Waals surface area (Å²) in [5, 5.41) is 2.50. The fraction of sp³-hybridized carbons (Fsp3) is 0.188. The molecule has 0 atom stereocenters. The first-order valence-corrected chi connectivity index (χ1v) is 9.43. The quantitative estimate of drug-likeness (QED) is 0.772. The minimum atomic E-state index is -4.71. The second kappa shape index (κ2) is 7.92. The highest BCUT2D eigenvalue weighted by Crippen LogP contribution is 2.22. The van der Waals surface area contributed by atoms with Crippen molar-refractivity contribution in [3.8, 4) is 0 Å². The molecule has 0 aliphatic rings. The molecule has 0 spiro atoms. The highest BCUT2D eigenvalue weighted by Gasteiger charge is 2.26. The van der Waals surface area contributed by atoms with Gasteiger partial charge in [0.15, 0.2) is 0 Å². The number of carbonyl (C=O) groups excluding carboxylic acids is 1. The van der Waals surface area contributed by atoms with Crippen LogP contribution in [0.1, 0.15) is 5.56 Å². The maximum absolute atomic E-state index is 12.6. The van der Waals surface area contributed by atoms with Crippen molar-refractivity contribution in [2.75, 3.05) is 12.4 Å². The van der Waals surface area contributed by atoms with Crippen LogP contribution < -0.4 is 5.32 Å². The number of nitrogens with one attached hydrogen (secondary N) is 1. The molecule has 0 aliphatic carbocycles. The molecule has 0 aliphatic heterocycles. The van der Waals surface area contributed by atoms with E-state index in [1.807, 2.05) is 24.3 Å². The summed E-state index contributed by atoms with van der Waals surface area (Å²) >= 11 is 3.39. The fourth-order valence-corrected chi connectivity index (χ4v) is 3.20. The number of rotatable bonds is 5. The molecule has 0 unspecified atom stereocenters. The molecule has 2 amide bonds. The average Bonchev–Trinajstić information content (AvgIpc) is 2.57. The molecule has 2 aromatic carbocycles. The summed E-state index contributed by atoms with van der Waals surface area (Å²) in [5.74, 6) is -3.52. The third-order valence-electron chi connectivity index (χ3n) is 3.36. The Labute approximate surface area is 152 Å². The van der Waals surface area contributed by atoms with Gasteiger partial charge in [-0.2, -0.15) is 8.78 Å². The summed E-state index contributed by atoms with van der Waals surface area (Å²) in [6.07, 6.45) is 0. The molecule has 0 radical (unpaired) electrons. The van der Waals surface area contributed by atoms with E-state index in [0.717, 1.165) is 22.2 Å². The van der Waals surface area contributed by atoms with E-state index in [2.05, 4.69) is 21.2 Å². The second-order valence-corrected chi connectivity index (χ2v) is 7.98. The summed E-state index contributed by atoms with van der Waals surface area (Å²) in [6, 6.07) is 11.7. The van der Waals surface area contributed by atoms with Crippen LogP contribution >= 0.6 is 15.9 Å². The molecule has 0 aromatic heterocycles. The molecular weight excluding hydrogens is 418 g/mol. The van der Waals surface area contributed by atoms with E-state index in [-0.39, 0.29) is 5.69 Å². The summed E-state index contributed by atoms with van der Waals surface area (Å²) < 4.78 is 49.1. The summed E-state index contributed by atoms with van der Waals surface area (Å²) in [6.45, 7) is 0.308. The smallest absolute Gasteiger partial charge is 0.323 e. The summed E-state index contributed by atoms with van der Waals surface area (Å²) in [7, 11) is -3.15. The van der Waals surface area contributed by atoms with Gasteiger partial charge in [-0.3, -0.25) is 0 Å². The lowest BCUT2D eigenvalue weighted by molar-refractivity contribution is 0.220. The molecule has 0 fully saturated rings. The number of alkyl halides is 2. The van der Waals surface area contributed by atoms with Crippen LogP contribution in [0, 0.1) is 0 Å². The van der Waals surface area contributed by atoms with Crippen molar-refractivity contribution >= 4 is 37.5 Å². The molecule has 5 nitrogen and oxygen atoms in total. The third kappa shape index (κ3) is 4.76. The maximum Gasteiger partial charge on any atom is 0.341 e.